The molecular formula is C22H23N3O4S. The van der Waals surface area contributed by atoms with E-state index < -0.39 is 0 Å². The molecule has 0 atom stereocenters. The molecule has 156 valence electrons. The monoisotopic (exact) mass is 425 g/mol. The molecule has 0 saturated heterocycles. The summed E-state index contributed by atoms with van der Waals surface area (Å²) < 4.78 is 16.0. The molecule has 0 aliphatic carbocycles. The van der Waals surface area contributed by atoms with Gasteiger partial charge in [0.1, 0.15) is 11.5 Å². The first-order valence-corrected chi connectivity index (χ1v) is 10.2. The number of rotatable bonds is 9. The van der Waals surface area contributed by atoms with Crippen LogP contribution in [-0.4, -0.2) is 48.0 Å². The van der Waals surface area contributed by atoms with Gasteiger partial charge in [0.2, 0.25) is 11.7 Å². The second-order valence-electron chi connectivity index (χ2n) is 6.33. The first-order chi connectivity index (χ1) is 14.6. The topological polar surface area (TPSA) is 77.7 Å². The van der Waals surface area contributed by atoms with Crippen LogP contribution in [0.5, 0.6) is 11.5 Å². The Balaban J connectivity index is 1.76. The maximum Gasteiger partial charge on any atom is 0.255 e. The number of carbonyl (C=O) groups excluding carboxylic acids is 1. The van der Waals surface area contributed by atoms with Gasteiger partial charge in [0.05, 0.1) is 31.9 Å². The Kier molecular flexibility index (Phi) is 7.13. The Labute approximate surface area is 179 Å². The van der Waals surface area contributed by atoms with E-state index in [9.17, 15) is 4.79 Å². The van der Waals surface area contributed by atoms with Crippen LogP contribution in [0.3, 0.4) is 0 Å². The molecule has 30 heavy (non-hydrogen) atoms. The second kappa shape index (κ2) is 9.98. The fourth-order valence-corrected chi connectivity index (χ4v) is 3.59. The number of carbonyl (C=O) groups is 1. The third-order valence-corrected chi connectivity index (χ3v) is 5.38. The van der Waals surface area contributed by atoms with Crippen LogP contribution in [0.4, 0.5) is 0 Å². The van der Waals surface area contributed by atoms with E-state index in [4.69, 9.17) is 14.0 Å². The molecule has 0 bridgehead atoms. The number of methoxy groups -OCH3 is 2. The number of aromatic nitrogens is 2. The quantitative estimate of drug-likeness (QED) is 0.373. The molecule has 0 fully saturated rings. The van der Waals surface area contributed by atoms with Gasteiger partial charge in [-0.3, -0.25) is 4.79 Å². The molecule has 0 unspecified atom stereocenters. The Morgan fingerprint density at radius 3 is 2.77 bits per heavy atom. The van der Waals surface area contributed by atoms with Crippen molar-refractivity contribution in [2.45, 2.75) is 11.4 Å². The molecule has 0 saturated carbocycles. The summed E-state index contributed by atoms with van der Waals surface area (Å²) in [7, 11) is 4.85. The summed E-state index contributed by atoms with van der Waals surface area (Å²) in [6.45, 7) is 3.92. The Bertz CT molecular complexity index is 1030. The van der Waals surface area contributed by atoms with Crippen LogP contribution < -0.4 is 9.47 Å². The molecule has 7 nitrogen and oxygen atoms in total. The molecule has 0 spiro atoms. The number of thioether (sulfide) groups is 1. The lowest BCUT2D eigenvalue weighted by Gasteiger charge is -2.16. The van der Waals surface area contributed by atoms with E-state index in [0.29, 0.717) is 34.3 Å². The van der Waals surface area contributed by atoms with E-state index in [2.05, 4.69) is 16.7 Å². The minimum atomic E-state index is -0.121. The van der Waals surface area contributed by atoms with Gasteiger partial charge >= 0.3 is 0 Å². The number of hydrogen-bond acceptors (Lipinski definition) is 7. The summed E-state index contributed by atoms with van der Waals surface area (Å²) in [5.74, 6) is 2.55. The van der Waals surface area contributed by atoms with Crippen LogP contribution in [0, 0.1) is 0 Å². The molecule has 1 heterocycles. The van der Waals surface area contributed by atoms with Crippen LogP contribution in [0.25, 0.3) is 11.4 Å². The molecule has 3 aromatic rings. The van der Waals surface area contributed by atoms with Crippen LogP contribution in [-0.2, 0) is 6.54 Å². The zero-order chi connectivity index (χ0) is 21.5. The highest BCUT2D eigenvalue weighted by atomic mass is 32.2. The molecule has 1 aromatic heterocycles. The molecule has 0 N–H and O–H groups in total. The van der Waals surface area contributed by atoms with Gasteiger partial charge in [-0.25, -0.2) is 0 Å². The zero-order valence-electron chi connectivity index (χ0n) is 17.1. The predicted molar refractivity (Wildman–Crippen MR) is 116 cm³/mol. The lowest BCUT2D eigenvalue weighted by Crippen LogP contribution is -2.26. The van der Waals surface area contributed by atoms with Crippen molar-refractivity contribution in [3.05, 3.63) is 66.6 Å². The largest absolute Gasteiger partial charge is 0.497 e. The van der Waals surface area contributed by atoms with Crippen molar-refractivity contribution in [3.8, 4) is 22.9 Å². The van der Waals surface area contributed by atoms with Gasteiger partial charge in [-0.1, -0.05) is 23.4 Å². The van der Waals surface area contributed by atoms with E-state index in [0.717, 1.165) is 10.6 Å². The van der Waals surface area contributed by atoms with Gasteiger partial charge in [-0.15, -0.1) is 18.3 Å². The van der Waals surface area contributed by atoms with Gasteiger partial charge in [0.15, 0.2) is 0 Å². The summed E-state index contributed by atoms with van der Waals surface area (Å²) in [5.41, 5.74) is 1.30. The van der Waals surface area contributed by atoms with Gasteiger partial charge in [0.25, 0.3) is 5.91 Å². The fraction of sp³-hybridized carbons (Fsp3) is 0.227. The van der Waals surface area contributed by atoms with Crippen molar-refractivity contribution in [3.63, 3.8) is 0 Å². The highest BCUT2D eigenvalue weighted by Crippen LogP contribution is 2.31. The van der Waals surface area contributed by atoms with E-state index in [-0.39, 0.29) is 12.5 Å². The third kappa shape index (κ3) is 4.83. The van der Waals surface area contributed by atoms with Crippen LogP contribution in [0.1, 0.15) is 16.2 Å². The maximum absolute atomic E-state index is 12.9. The standard InChI is InChI=1S/C22H23N3O4S/c1-5-12-30-19-9-7-6-8-17(19)22(26)25(2)14-20-23-21(24-29-20)16-11-10-15(27-3)13-18(16)28-4/h5-11,13H,1,12,14H2,2-4H3. The van der Waals surface area contributed by atoms with Crippen molar-refractivity contribution >= 4 is 17.7 Å². The van der Waals surface area contributed by atoms with Crippen molar-refractivity contribution in [2.75, 3.05) is 27.0 Å². The van der Waals surface area contributed by atoms with Crippen molar-refractivity contribution in [2.24, 2.45) is 0 Å². The van der Waals surface area contributed by atoms with E-state index >= 15 is 0 Å². The van der Waals surface area contributed by atoms with Gasteiger partial charge in [-0.05, 0) is 24.3 Å². The molecule has 8 heteroatoms. The molecule has 0 aliphatic heterocycles. The van der Waals surface area contributed by atoms with E-state index in [1.54, 1.807) is 56.1 Å². The number of nitrogens with zero attached hydrogens (tertiary/aromatic N) is 3. The molecule has 0 radical (unpaired) electrons. The highest BCUT2D eigenvalue weighted by Gasteiger charge is 2.20. The Morgan fingerprint density at radius 1 is 1.23 bits per heavy atom. The van der Waals surface area contributed by atoms with Gasteiger partial charge in [0, 0.05) is 23.8 Å². The zero-order valence-corrected chi connectivity index (χ0v) is 17.9. The molecule has 1 amide bonds. The third-order valence-electron chi connectivity index (χ3n) is 4.31. The van der Waals surface area contributed by atoms with Gasteiger partial charge < -0.3 is 18.9 Å². The lowest BCUT2D eigenvalue weighted by molar-refractivity contribution is 0.0766. The fourth-order valence-electron chi connectivity index (χ4n) is 2.81. The smallest absolute Gasteiger partial charge is 0.255 e. The molecule has 0 aliphatic rings. The second-order valence-corrected chi connectivity index (χ2v) is 7.40. The summed E-state index contributed by atoms with van der Waals surface area (Å²) in [4.78, 5) is 19.8. The highest BCUT2D eigenvalue weighted by molar-refractivity contribution is 7.99. The summed E-state index contributed by atoms with van der Waals surface area (Å²) in [6, 6.07) is 12.8. The predicted octanol–water partition coefficient (Wildman–Crippen LogP) is 4.30. The molecule has 3 rings (SSSR count). The first kappa shape index (κ1) is 21.4. The SMILES string of the molecule is C=CCSc1ccccc1C(=O)N(C)Cc1nc(-c2ccc(OC)cc2OC)no1. The van der Waals surface area contributed by atoms with Crippen LogP contribution >= 0.6 is 11.8 Å². The Hall–Kier alpha value is -3.26. The van der Waals surface area contributed by atoms with Crippen molar-refractivity contribution < 1.29 is 18.8 Å². The minimum absolute atomic E-state index is 0.121. The summed E-state index contributed by atoms with van der Waals surface area (Å²) >= 11 is 1.57. The van der Waals surface area contributed by atoms with Crippen LogP contribution in [0.2, 0.25) is 0 Å². The number of hydrogen-bond donors (Lipinski definition) is 0. The van der Waals surface area contributed by atoms with Crippen LogP contribution in [0.15, 0.2) is 64.5 Å². The summed E-state index contributed by atoms with van der Waals surface area (Å²) in [6.07, 6.45) is 1.81. The maximum atomic E-state index is 12.9. The van der Waals surface area contributed by atoms with E-state index in [1.165, 1.54) is 0 Å². The summed E-state index contributed by atoms with van der Waals surface area (Å²) in [5, 5.41) is 4.03. The van der Waals surface area contributed by atoms with E-state index in [1.807, 2.05) is 30.3 Å². The van der Waals surface area contributed by atoms with Crippen molar-refractivity contribution in [1.29, 1.82) is 0 Å². The normalized spacial score (nSPS) is 10.5. The molecular weight excluding hydrogens is 402 g/mol. The lowest BCUT2D eigenvalue weighted by atomic mass is 10.2. The molecule has 2 aromatic carbocycles. The Morgan fingerprint density at radius 2 is 2.03 bits per heavy atom. The first-order valence-electron chi connectivity index (χ1n) is 9.20. The average Bonchev–Trinajstić information content (AvgIpc) is 3.24. The van der Waals surface area contributed by atoms with Gasteiger partial charge in [-0.2, -0.15) is 4.98 Å². The number of benzene rings is 2. The van der Waals surface area contributed by atoms with Crippen molar-refractivity contribution in [1.82, 2.24) is 15.0 Å². The number of amides is 1. The average molecular weight is 426 g/mol. The minimum Gasteiger partial charge on any atom is -0.497 e. The number of ether oxygens (including phenoxy) is 2.